The molecule has 8 heteroatoms. The molecule has 0 fully saturated rings. The average molecular weight is 442 g/mol. The van der Waals surface area contributed by atoms with E-state index in [1.807, 2.05) is 13.0 Å². The van der Waals surface area contributed by atoms with E-state index in [0.717, 1.165) is 27.6 Å². The third-order valence-electron chi connectivity index (χ3n) is 4.40. The Hall–Kier alpha value is -3.03. The van der Waals surface area contributed by atoms with Gasteiger partial charge >= 0.3 is 0 Å². The number of thiazole rings is 1. The normalized spacial score (nSPS) is 10.9. The lowest BCUT2D eigenvalue weighted by molar-refractivity contribution is 0.0985. The van der Waals surface area contributed by atoms with E-state index < -0.39 is 23.0 Å². The van der Waals surface area contributed by atoms with Crippen LogP contribution >= 0.6 is 22.9 Å². The number of aromatic nitrogens is 3. The summed E-state index contributed by atoms with van der Waals surface area (Å²) in [6.07, 6.45) is 1.44. The van der Waals surface area contributed by atoms with Gasteiger partial charge in [-0.2, -0.15) is 0 Å². The fraction of sp³-hybridized carbons (Fsp3) is 0.0909. The zero-order valence-electron chi connectivity index (χ0n) is 15.7. The van der Waals surface area contributed by atoms with E-state index in [1.165, 1.54) is 17.4 Å². The maximum absolute atomic E-state index is 13.9. The lowest BCUT2D eigenvalue weighted by Gasteiger charge is -2.07. The van der Waals surface area contributed by atoms with Crippen LogP contribution < -0.4 is 0 Å². The maximum Gasteiger partial charge on any atom is 0.222 e. The maximum atomic E-state index is 13.9. The van der Waals surface area contributed by atoms with E-state index >= 15 is 0 Å². The second-order valence-electron chi connectivity index (χ2n) is 6.52. The van der Waals surface area contributed by atoms with Gasteiger partial charge in [0.05, 0.1) is 26.8 Å². The van der Waals surface area contributed by atoms with Crippen molar-refractivity contribution in [2.75, 3.05) is 0 Å². The summed E-state index contributed by atoms with van der Waals surface area (Å²) in [5.41, 5.74) is 2.20. The van der Waals surface area contributed by atoms with Crippen molar-refractivity contribution in [2.24, 2.45) is 0 Å². The fourth-order valence-electron chi connectivity index (χ4n) is 3.12. The molecule has 0 bridgehead atoms. The zero-order valence-corrected chi connectivity index (χ0v) is 17.3. The van der Waals surface area contributed by atoms with Crippen LogP contribution in [0.25, 0.3) is 21.8 Å². The smallest absolute Gasteiger partial charge is 0.222 e. The van der Waals surface area contributed by atoms with E-state index in [-0.39, 0.29) is 11.7 Å². The number of carbonyl (C=O) groups excluding carboxylic acids is 1. The summed E-state index contributed by atoms with van der Waals surface area (Å²) < 4.78 is 27.9. The number of aryl methyl sites for hydroxylation is 1. The second-order valence-corrected chi connectivity index (χ2v) is 8.06. The van der Waals surface area contributed by atoms with Gasteiger partial charge in [-0.15, -0.1) is 11.3 Å². The van der Waals surface area contributed by atoms with E-state index in [4.69, 9.17) is 11.6 Å². The lowest BCUT2D eigenvalue weighted by atomic mass is 9.99. The van der Waals surface area contributed by atoms with Crippen LogP contribution in [0, 0.1) is 18.6 Å². The first kappa shape index (κ1) is 20.3. The van der Waals surface area contributed by atoms with E-state index in [0.29, 0.717) is 17.0 Å². The van der Waals surface area contributed by atoms with Crippen molar-refractivity contribution in [2.45, 2.75) is 13.3 Å². The van der Waals surface area contributed by atoms with Gasteiger partial charge < -0.3 is 0 Å². The summed E-state index contributed by atoms with van der Waals surface area (Å²) in [5.74, 6) is -2.36. The van der Waals surface area contributed by atoms with Gasteiger partial charge in [-0.25, -0.2) is 23.7 Å². The fourth-order valence-corrected chi connectivity index (χ4v) is 4.18. The Morgan fingerprint density at radius 3 is 2.53 bits per heavy atom. The van der Waals surface area contributed by atoms with Crippen LogP contribution in [0.5, 0.6) is 0 Å². The Bertz CT molecular complexity index is 1240. The minimum atomic E-state index is -0.866. The number of ketones is 1. The van der Waals surface area contributed by atoms with Gasteiger partial charge in [0.2, 0.25) is 5.28 Å². The van der Waals surface area contributed by atoms with Crippen molar-refractivity contribution in [3.8, 4) is 21.8 Å². The molecule has 0 unspecified atom stereocenters. The average Bonchev–Trinajstić information content (AvgIpc) is 3.10. The molecule has 0 radical (unpaired) electrons. The third kappa shape index (κ3) is 4.13. The number of rotatable bonds is 5. The van der Waals surface area contributed by atoms with Gasteiger partial charge in [-0.3, -0.25) is 4.79 Å². The topological polar surface area (TPSA) is 55.7 Å². The Morgan fingerprint density at radius 1 is 1.07 bits per heavy atom. The summed E-state index contributed by atoms with van der Waals surface area (Å²) in [4.78, 5) is 26.1. The number of hydrogen-bond acceptors (Lipinski definition) is 5. The zero-order chi connectivity index (χ0) is 21.3. The summed E-state index contributed by atoms with van der Waals surface area (Å²) in [6.45, 7) is 1.88. The summed E-state index contributed by atoms with van der Waals surface area (Å²) >= 11 is 7.39. The standard InChI is InChI=1S/C22H14ClF2N3OS/c1-12-27-20(21(30-12)17-8-9-26-22(23)28-17)14-5-2-4-13(10-14)11-18(29)19-15(24)6-3-7-16(19)25/h2-10H,11H2,1H3. The summed E-state index contributed by atoms with van der Waals surface area (Å²) in [5, 5.41) is 0.973. The molecule has 0 spiro atoms. The van der Waals surface area contributed by atoms with Gasteiger partial charge in [-0.05, 0) is 48.4 Å². The Morgan fingerprint density at radius 2 is 1.80 bits per heavy atom. The highest BCUT2D eigenvalue weighted by Crippen LogP contribution is 2.36. The molecular formula is C22H14ClF2N3OS. The number of hydrogen-bond donors (Lipinski definition) is 0. The van der Waals surface area contributed by atoms with Crippen molar-refractivity contribution in [3.05, 3.63) is 87.8 Å². The Balaban J connectivity index is 1.69. The highest BCUT2D eigenvalue weighted by atomic mass is 35.5. The van der Waals surface area contributed by atoms with E-state index in [1.54, 1.807) is 30.5 Å². The van der Waals surface area contributed by atoms with Crippen molar-refractivity contribution in [1.29, 1.82) is 0 Å². The van der Waals surface area contributed by atoms with E-state index in [9.17, 15) is 13.6 Å². The van der Waals surface area contributed by atoms with Crippen molar-refractivity contribution in [3.63, 3.8) is 0 Å². The van der Waals surface area contributed by atoms with Crippen LogP contribution in [0.1, 0.15) is 20.9 Å². The molecule has 0 aliphatic rings. The number of nitrogens with zero attached hydrogens (tertiary/aromatic N) is 3. The van der Waals surface area contributed by atoms with Crippen molar-refractivity contribution >= 4 is 28.7 Å². The Labute approximate surface area is 180 Å². The SMILES string of the molecule is Cc1nc(-c2cccc(CC(=O)c3c(F)cccc3F)c2)c(-c2ccnc(Cl)n2)s1. The molecule has 4 nitrogen and oxygen atoms in total. The molecule has 0 amide bonds. The van der Waals surface area contributed by atoms with Crippen molar-refractivity contribution in [1.82, 2.24) is 15.0 Å². The monoisotopic (exact) mass is 441 g/mol. The number of halogens is 3. The largest absolute Gasteiger partial charge is 0.294 e. The lowest BCUT2D eigenvalue weighted by Crippen LogP contribution is -2.09. The molecule has 0 saturated heterocycles. The number of benzene rings is 2. The minimum absolute atomic E-state index is 0.135. The van der Waals surface area contributed by atoms with Gasteiger partial charge in [0.25, 0.3) is 0 Å². The highest BCUT2D eigenvalue weighted by molar-refractivity contribution is 7.15. The van der Waals surface area contributed by atoms with E-state index in [2.05, 4.69) is 15.0 Å². The van der Waals surface area contributed by atoms with Crippen LogP contribution in [-0.2, 0) is 6.42 Å². The third-order valence-corrected chi connectivity index (χ3v) is 5.58. The van der Waals surface area contributed by atoms with Gasteiger partial charge in [0.1, 0.15) is 11.6 Å². The van der Waals surface area contributed by atoms with Gasteiger partial charge in [-0.1, -0.05) is 24.3 Å². The van der Waals surface area contributed by atoms with Crippen LogP contribution in [-0.4, -0.2) is 20.7 Å². The predicted octanol–water partition coefficient (Wildman–Crippen LogP) is 5.93. The van der Waals surface area contributed by atoms with Crippen LogP contribution in [0.3, 0.4) is 0 Å². The molecule has 2 aromatic heterocycles. The minimum Gasteiger partial charge on any atom is -0.294 e. The molecule has 4 rings (SSSR count). The van der Waals surface area contributed by atoms with Crippen molar-refractivity contribution < 1.29 is 13.6 Å². The van der Waals surface area contributed by atoms with Crippen LogP contribution in [0.2, 0.25) is 5.28 Å². The molecule has 0 aliphatic carbocycles. The number of Topliss-reactive ketones (excluding diaryl/α,β-unsaturated/α-hetero) is 1. The highest BCUT2D eigenvalue weighted by Gasteiger charge is 2.19. The molecule has 30 heavy (non-hydrogen) atoms. The molecule has 0 atom stereocenters. The predicted molar refractivity (Wildman–Crippen MR) is 113 cm³/mol. The first-order valence-corrected chi connectivity index (χ1v) is 10.1. The summed E-state index contributed by atoms with van der Waals surface area (Å²) in [7, 11) is 0. The summed E-state index contributed by atoms with van der Waals surface area (Å²) in [6, 6.07) is 12.3. The van der Waals surface area contributed by atoms with Crippen LogP contribution in [0.4, 0.5) is 8.78 Å². The molecule has 2 aromatic carbocycles. The molecule has 0 N–H and O–H groups in total. The molecule has 150 valence electrons. The van der Waals surface area contributed by atoms with Gasteiger partial charge in [0, 0.05) is 18.2 Å². The first-order valence-electron chi connectivity index (χ1n) is 8.95. The first-order chi connectivity index (χ1) is 14.4. The Kier molecular flexibility index (Phi) is 5.65. The quantitative estimate of drug-likeness (QED) is 0.284. The van der Waals surface area contributed by atoms with Gasteiger partial charge in [0.15, 0.2) is 5.78 Å². The molecule has 2 heterocycles. The molecule has 0 saturated carbocycles. The molecule has 4 aromatic rings. The molecule has 0 aliphatic heterocycles. The molecular weight excluding hydrogens is 428 g/mol. The number of carbonyl (C=O) groups is 1. The van der Waals surface area contributed by atoms with Crippen LogP contribution in [0.15, 0.2) is 54.7 Å². The second kappa shape index (κ2) is 8.38.